The Balaban J connectivity index is 1.80. The van der Waals surface area contributed by atoms with Gasteiger partial charge in [-0.05, 0) is 5.92 Å². The number of rotatable bonds is 4. The summed E-state index contributed by atoms with van der Waals surface area (Å²) in [7, 11) is 0. The van der Waals surface area contributed by atoms with Crippen LogP contribution in [0.5, 0.6) is 0 Å². The first-order valence-corrected chi connectivity index (χ1v) is 4.22. The van der Waals surface area contributed by atoms with E-state index in [0.717, 1.165) is 12.3 Å². The van der Waals surface area contributed by atoms with Crippen LogP contribution >= 0.6 is 0 Å². The Morgan fingerprint density at radius 2 is 2.00 bits per heavy atom. The maximum atomic E-state index is 3.83. The van der Waals surface area contributed by atoms with Gasteiger partial charge in [0, 0.05) is 0 Å². The van der Waals surface area contributed by atoms with Gasteiger partial charge in [0.1, 0.15) is 0 Å². The number of unbranched alkanes of at least 4 members (excludes halogenated alkanes) is 2. The Bertz CT molecular complexity index is 62.4. The Labute approximate surface area is 58.7 Å². The molecule has 9 heavy (non-hydrogen) atoms. The summed E-state index contributed by atoms with van der Waals surface area (Å²) in [6.45, 7) is 3.83. The molecule has 53 valence electrons. The smallest absolute Gasteiger partial charge is 0.0414 e. The third-order valence-electron chi connectivity index (χ3n) is 2.34. The van der Waals surface area contributed by atoms with Gasteiger partial charge in [0.05, 0.1) is 0 Å². The molecule has 0 N–H and O–H groups in total. The number of hydrogen-bond acceptors (Lipinski definition) is 0. The SMILES string of the molecule is [CH2]CCCCC1CCC1. The molecule has 0 heterocycles. The molecule has 1 rings (SSSR count). The highest BCUT2D eigenvalue weighted by molar-refractivity contribution is 4.68. The largest absolute Gasteiger partial charge is 0.0533 e. The Hall–Kier alpha value is 0. The zero-order valence-corrected chi connectivity index (χ0v) is 6.23. The van der Waals surface area contributed by atoms with Crippen LogP contribution in [0.3, 0.4) is 0 Å². The minimum Gasteiger partial charge on any atom is -0.0533 e. The van der Waals surface area contributed by atoms with Crippen LogP contribution in [0.4, 0.5) is 0 Å². The lowest BCUT2D eigenvalue weighted by atomic mass is 9.82. The summed E-state index contributed by atoms with van der Waals surface area (Å²) in [5.41, 5.74) is 0. The molecule has 0 aromatic heterocycles. The fourth-order valence-electron chi connectivity index (χ4n) is 1.39. The molecule has 0 atom stereocenters. The predicted octanol–water partition coefficient (Wildman–Crippen LogP) is 3.18. The summed E-state index contributed by atoms with van der Waals surface area (Å²) in [6.07, 6.45) is 9.90. The van der Waals surface area contributed by atoms with Crippen LogP contribution in [0, 0.1) is 12.8 Å². The lowest BCUT2D eigenvalue weighted by molar-refractivity contribution is 0.288. The van der Waals surface area contributed by atoms with Crippen molar-refractivity contribution >= 4 is 0 Å². The van der Waals surface area contributed by atoms with Crippen molar-refractivity contribution in [3.05, 3.63) is 6.92 Å². The van der Waals surface area contributed by atoms with E-state index >= 15 is 0 Å². The summed E-state index contributed by atoms with van der Waals surface area (Å²) < 4.78 is 0. The Morgan fingerprint density at radius 1 is 1.22 bits per heavy atom. The van der Waals surface area contributed by atoms with Crippen molar-refractivity contribution in [2.75, 3.05) is 0 Å². The first kappa shape index (κ1) is 7.11. The van der Waals surface area contributed by atoms with Gasteiger partial charge < -0.3 is 0 Å². The average molecular weight is 125 g/mol. The van der Waals surface area contributed by atoms with Crippen LogP contribution in [0.2, 0.25) is 0 Å². The van der Waals surface area contributed by atoms with Gasteiger partial charge in [0.2, 0.25) is 0 Å². The standard InChI is InChI=1S/C9H17/c1-2-3-4-6-9-7-5-8-9/h9H,1-8H2. The van der Waals surface area contributed by atoms with E-state index in [-0.39, 0.29) is 0 Å². The fourth-order valence-corrected chi connectivity index (χ4v) is 1.39. The molecule has 1 radical (unpaired) electrons. The average Bonchev–Trinajstić information content (AvgIpc) is 1.76. The van der Waals surface area contributed by atoms with E-state index in [1.165, 1.54) is 38.5 Å². The molecule has 1 saturated carbocycles. The second-order valence-electron chi connectivity index (χ2n) is 3.15. The van der Waals surface area contributed by atoms with Gasteiger partial charge in [0.15, 0.2) is 0 Å². The van der Waals surface area contributed by atoms with E-state index < -0.39 is 0 Å². The third-order valence-corrected chi connectivity index (χ3v) is 2.34. The lowest BCUT2D eigenvalue weighted by Crippen LogP contribution is -2.10. The highest BCUT2D eigenvalue weighted by atomic mass is 14.2. The first-order valence-electron chi connectivity index (χ1n) is 4.22. The van der Waals surface area contributed by atoms with Gasteiger partial charge in [-0.25, -0.2) is 0 Å². The molecule has 0 aromatic carbocycles. The molecule has 0 nitrogen and oxygen atoms in total. The van der Waals surface area contributed by atoms with E-state index in [2.05, 4.69) is 6.92 Å². The van der Waals surface area contributed by atoms with E-state index in [4.69, 9.17) is 0 Å². The molecular formula is C9H17. The van der Waals surface area contributed by atoms with Gasteiger partial charge in [-0.3, -0.25) is 0 Å². The van der Waals surface area contributed by atoms with Gasteiger partial charge in [-0.2, -0.15) is 0 Å². The predicted molar refractivity (Wildman–Crippen MR) is 41.2 cm³/mol. The normalized spacial score (nSPS) is 19.7. The lowest BCUT2D eigenvalue weighted by Gasteiger charge is -2.24. The van der Waals surface area contributed by atoms with E-state index in [1.807, 2.05) is 0 Å². The van der Waals surface area contributed by atoms with Gasteiger partial charge >= 0.3 is 0 Å². The van der Waals surface area contributed by atoms with Crippen molar-refractivity contribution < 1.29 is 0 Å². The Morgan fingerprint density at radius 3 is 2.44 bits per heavy atom. The quantitative estimate of drug-likeness (QED) is 0.506. The molecule has 0 saturated heterocycles. The van der Waals surface area contributed by atoms with Crippen LogP contribution in [-0.2, 0) is 0 Å². The molecule has 0 heteroatoms. The van der Waals surface area contributed by atoms with Crippen molar-refractivity contribution in [3.63, 3.8) is 0 Å². The second kappa shape index (κ2) is 3.92. The van der Waals surface area contributed by atoms with Crippen molar-refractivity contribution in [3.8, 4) is 0 Å². The fraction of sp³-hybridized carbons (Fsp3) is 0.889. The first-order chi connectivity index (χ1) is 4.43. The highest BCUT2D eigenvalue weighted by Gasteiger charge is 2.15. The second-order valence-corrected chi connectivity index (χ2v) is 3.15. The molecular weight excluding hydrogens is 108 g/mol. The van der Waals surface area contributed by atoms with Gasteiger partial charge in [-0.15, -0.1) is 0 Å². The zero-order valence-electron chi connectivity index (χ0n) is 6.23. The summed E-state index contributed by atoms with van der Waals surface area (Å²) >= 11 is 0. The van der Waals surface area contributed by atoms with E-state index in [1.54, 1.807) is 0 Å². The molecule has 1 aliphatic carbocycles. The molecule has 0 spiro atoms. The van der Waals surface area contributed by atoms with Crippen LogP contribution in [0.25, 0.3) is 0 Å². The Kier molecular flexibility index (Phi) is 3.10. The van der Waals surface area contributed by atoms with Gasteiger partial charge in [0.25, 0.3) is 0 Å². The van der Waals surface area contributed by atoms with Crippen LogP contribution in [0.15, 0.2) is 0 Å². The summed E-state index contributed by atoms with van der Waals surface area (Å²) in [4.78, 5) is 0. The van der Waals surface area contributed by atoms with Crippen LogP contribution in [0.1, 0.15) is 44.9 Å². The van der Waals surface area contributed by atoms with Gasteiger partial charge in [-0.1, -0.05) is 51.9 Å². The minimum atomic E-state index is 1.11. The molecule has 0 amide bonds. The molecule has 0 bridgehead atoms. The molecule has 0 aromatic rings. The van der Waals surface area contributed by atoms with Crippen LogP contribution in [-0.4, -0.2) is 0 Å². The van der Waals surface area contributed by atoms with Crippen molar-refractivity contribution in [2.24, 2.45) is 5.92 Å². The molecule has 1 fully saturated rings. The zero-order chi connectivity index (χ0) is 6.53. The topological polar surface area (TPSA) is 0 Å². The molecule has 1 aliphatic rings. The van der Waals surface area contributed by atoms with Crippen molar-refractivity contribution in [2.45, 2.75) is 44.9 Å². The summed E-state index contributed by atoms with van der Waals surface area (Å²) in [6, 6.07) is 0. The third kappa shape index (κ3) is 2.38. The maximum absolute atomic E-state index is 3.83. The van der Waals surface area contributed by atoms with E-state index in [9.17, 15) is 0 Å². The minimum absolute atomic E-state index is 1.11. The highest BCUT2D eigenvalue weighted by Crippen LogP contribution is 2.30. The van der Waals surface area contributed by atoms with Crippen LogP contribution < -0.4 is 0 Å². The molecule has 0 aliphatic heterocycles. The summed E-state index contributed by atoms with van der Waals surface area (Å²) in [5.74, 6) is 1.11. The molecule has 0 unspecified atom stereocenters. The summed E-state index contributed by atoms with van der Waals surface area (Å²) in [5, 5.41) is 0. The van der Waals surface area contributed by atoms with Crippen molar-refractivity contribution in [1.82, 2.24) is 0 Å². The number of hydrogen-bond donors (Lipinski definition) is 0. The van der Waals surface area contributed by atoms with E-state index in [0.29, 0.717) is 0 Å². The maximum Gasteiger partial charge on any atom is -0.0414 e. The van der Waals surface area contributed by atoms with Crippen molar-refractivity contribution in [1.29, 1.82) is 0 Å². The monoisotopic (exact) mass is 125 g/mol.